The van der Waals surface area contributed by atoms with Crippen LogP contribution in [0.25, 0.3) is 0 Å². The van der Waals surface area contributed by atoms with Crippen LogP contribution in [0.4, 0.5) is 48.1 Å². The van der Waals surface area contributed by atoms with Crippen molar-refractivity contribution in [2.75, 3.05) is 16.0 Å². The fraction of sp³-hybridized carbons (Fsp3) is 0. The van der Waals surface area contributed by atoms with Gasteiger partial charge in [0.25, 0.3) is 0 Å². The molecule has 0 aliphatic heterocycles. The quantitative estimate of drug-likeness (QED) is 0.390. The van der Waals surface area contributed by atoms with Gasteiger partial charge < -0.3 is 16.0 Å². The van der Waals surface area contributed by atoms with Crippen molar-refractivity contribution >= 4 is 34.9 Å². The van der Waals surface area contributed by atoms with Crippen LogP contribution in [-0.2, 0) is 0 Å². The van der Waals surface area contributed by atoms with E-state index in [0.717, 1.165) is 0 Å². The molecule has 0 saturated carbocycles. The minimum absolute atomic E-state index is 0.0206. The molecule has 0 fully saturated rings. The zero-order valence-corrected chi connectivity index (χ0v) is 15.4. The van der Waals surface area contributed by atoms with E-state index < -0.39 is 17.5 Å². The van der Waals surface area contributed by atoms with Crippen molar-refractivity contribution in [1.29, 1.82) is 0 Å². The van der Waals surface area contributed by atoms with Crippen LogP contribution in [0, 0.1) is 17.5 Å². The maximum absolute atomic E-state index is 14.0. The Morgan fingerprint density at radius 1 is 0.433 bits per heavy atom. The van der Waals surface area contributed by atoms with Crippen molar-refractivity contribution in [1.82, 2.24) is 15.0 Å². The highest BCUT2D eigenvalue weighted by Gasteiger charge is 2.12. The number of nitrogens with zero attached hydrogens (tertiary/aromatic N) is 3. The third-order valence-corrected chi connectivity index (χ3v) is 4.00. The second kappa shape index (κ2) is 8.48. The van der Waals surface area contributed by atoms with E-state index in [9.17, 15) is 13.2 Å². The van der Waals surface area contributed by atoms with Crippen LogP contribution in [0.1, 0.15) is 0 Å². The Morgan fingerprint density at radius 3 is 0.967 bits per heavy atom. The van der Waals surface area contributed by atoms with E-state index in [1.807, 2.05) is 0 Å². The summed E-state index contributed by atoms with van der Waals surface area (Å²) in [6, 6.07) is 17.9. The largest absolute Gasteiger partial charge is 0.321 e. The molecular formula is C21H15F3N6. The fourth-order valence-electron chi connectivity index (χ4n) is 2.59. The first-order chi connectivity index (χ1) is 14.6. The molecule has 0 radical (unpaired) electrons. The normalized spacial score (nSPS) is 10.5. The number of hydrogen-bond donors (Lipinski definition) is 3. The zero-order chi connectivity index (χ0) is 20.9. The molecule has 0 saturated heterocycles. The Kier molecular flexibility index (Phi) is 5.42. The number of nitrogens with one attached hydrogen (secondary N) is 3. The first kappa shape index (κ1) is 19.2. The molecule has 0 aliphatic rings. The van der Waals surface area contributed by atoms with Gasteiger partial charge in [-0.2, -0.15) is 15.0 Å². The van der Waals surface area contributed by atoms with Gasteiger partial charge in [-0.25, -0.2) is 13.2 Å². The smallest absolute Gasteiger partial charge is 0.233 e. The lowest BCUT2D eigenvalue weighted by Gasteiger charge is -2.12. The van der Waals surface area contributed by atoms with Crippen LogP contribution in [-0.4, -0.2) is 15.0 Å². The molecule has 1 aromatic heterocycles. The second-order valence-electron chi connectivity index (χ2n) is 6.12. The molecule has 6 nitrogen and oxygen atoms in total. The van der Waals surface area contributed by atoms with Crippen molar-refractivity contribution in [3.8, 4) is 0 Å². The van der Waals surface area contributed by atoms with Crippen molar-refractivity contribution in [2.45, 2.75) is 0 Å². The molecule has 9 heteroatoms. The van der Waals surface area contributed by atoms with E-state index in [1.165, 1.54) is 36.4 Å². The van der Waals surface area contributed by atoms with Crippen molar-refractivity contribution in [2.24, 2.45) is 0 Å². The molecule has 0 amide bonds. The average molecular weight is 408 g/mol. The Balaban J connectivity index is 1.70. The topological polar surface area (TPSA) is 74.8 Å². The lowest BCUT2D eigenvalue weighted by atomic mass is 10.3. The van der Waals surface area contributed by atoms with E-state index >= 15 is 0 Å². The van der Waals surface area contributed by atoms with Gasteiger partial charge in [-0.05, 0) is 36.4 Å². The molecule has 0 unspecified atom stereocenters. The standard InChI is InChI=1S/C21H15F3N6/c22-13-7-1-4-10-16(13)25-19-28-20(26-17-11-5-2-8-14(17)23)30-21(29-19)27-18-12-6-3-9-15(18)24/h1-12H,(H3,25,26,27,28,29,30). The highest BCUT2D eigenvalue weighted by atomic mass is 19.1. The predicted octanol–water partition coefficient (Wildman–Crippen LogP) is 5.52. The van der Waals surface area contributed by atoms with Gasteiger partial charge in [-0.1, -0.05) is 36.4 Å². The van der Waals surface area contributed by atoms with Crippen LogP contribution in [0.5, 0.6) is 0 Å². The minimum atomic E-state index is -0.509. The molecule has 3 N–H and O–H groups in total. The fourth-order valence-corrected chi connectivity index (χ4v) is 2.59. The Morgan fingerprint density at radius 2 is 0.700 bits per heavy atom. The van der Waals surface area contributed by atoms with Gasteiger partial charge in [0, 0.05) is 0 Å². The number of anilines is 6. The first-order valence-electron chi connectivity index (χ1n) is 8.89. The maximum atomic E-state index is 14.0. The molecule has 4 aromatic rings. The summed E-state index contributed by atoms with van der Waals surface area (Å²) in [5.74, 6) is -1.59. The van der Waals surface area contributed by atoms with Gasteiger partial charge in [-0.3, -0.25) is 0 Å². The van der Waals surface area contributed by atoms with E-state index in [4.69, 9.17) is 0 Å². The molecule has 0 bridgehead atoms. The van der Waals surface area contributed by atoms with Crippen molar-refractivity contribution in [3.63, 3.8) is 0 Å². The van der Waals surface area contributed by atoms with Crippen LogP contribution in [0.2, 0.25) is 0 Å². The van der Waals surface area contributed by atoms with E-state index in [-0.39, 0.29) is 34.9 Å². The Bertz CT molecular complexity index is 1030. The van der Waals surface area contributed by atoms with Gasteiger partial charge in [0.15, 0.2) is 0 Å². The highest BCUT2D eigenvalue weighted by Crippen LogP contribution is 2.24. The Hall–Kier alpha value is -4.14. The summed E-state index contributed by atoms with van der Waals surface area (Å²) in [4.78, 5) is 12.5. The molecule has 150 valence electrons. The predicted molar refractivity (Wildman–Crippen MR) is 109 cm³/mol. The van der Waals surface area contributed by atoms with Gasteiger partial charge in [-0.15, -0.1) is 0 Å². The van der Waals surface area contributed by atoms with Gasteiger partial charge in [0.1, 0.15) is 17.5 Å². The van der Waals surface area contributed by atoms with Crippen molar-refractivity contribution in [3.05, 3.63) is 90.2 Å². The number of halogens is 3. The number of benzene rings is 3. The number of para-hydroxylation sites is 3. The summed E-state index contributed by atoms with van der Waals surface area (Å²) in [6.45, 7) is 0. The summed E-state index contributed by atoms with van der Waals surface area (Å²) < 4.78 is 42.0. The van der Waals surface area contributed by atoms with Crippen LogP contribution >= 0.6 is 0 Å². The molecule has 4 rings (SSSR count). The van der Waals surface area contributed by atoms with E-state index in [0.29, 0.717) is 0 Å². The SMILES string of the molecule is Fc1ccccc1Nc1nc(Nc2ccccc2F)nc(Nc2ccccc2F)n1. The number of aromatic nitrogens is 3. The lowest BCUT2D eigenvalue weighted by molar-refractivity contribution is 0.631. The van der Waals surface area contributed by atoms with E-state index in [1.54, 1.807) is 36.4 Å². The van der Waals surface area contributed by atoms with Crippen molar-refractivity contribution < 1.29 is 13.2 Å². The zero-order valence-electron chi connectivity index (χ0n) is 15.4. The molecule has 30 heavy (non-hydrogen) atoms. The third-order valence-electron chi connectivity index (χ3n) is 4.00. The molecule has 0 aliphatic carbocycles. The summed E-state index contributed by atoms with van der Waals surface area (Å²) >= 11 is 0. The number of rotatable bonds is 6. The lowest BCUT2D eigenvalue weighted by Crippen LogP contribution is -2.08. The minimum Gasteiger partial charge on any atom is -0.321 e. The molecular weight excluding hydrogens is 393 g/mol. The van der Waals surface area contributed by atoms with Crippen LogP contribution < -0.4 is 16.0 Å². The summed E-state index contributed by atoms with van der Waals surface area (Å²) in [7, 11) is 0. The summed E-state index contributed by atoms with van der Waals surface area (Å²) in [6.07, 6.45) is 0. The molecule has 3 aromatic carbocycles. The number of hydrogen-bond acceptors (Lipinski definition) is 6. The Labute approximate surface area is 169 Å². The molecule has 1 heterocycles. The summed E-state index contributed by atoms with van der Waals surface area (Å²) in [5, 5.41) is 8.25. The van der Waals surface area contributed by atoms with Gasteiger partial charge in [0.05, 0.1) is 17.1 Å². The monoisotopic (exact) mass is 408 g/mol. The average Bonchev–Trinajstić information content (AvgIpc) is 2.73. The third kappa shape index (κ3) is 4.46. The summed E-state index contributed by atoms with van der Waals surface area (Å²) in [5.41, 5.74) is 0.409. The van der Waals surface area contributed by atoms with Gasteiger partial charge >= 0.3 is 0 Å². The van der Waals surface area contributed by atoms with Crippen LogP contribution in [0.15, 0.2) is 72.8 Å². The van der Waals surface area contributed by atoms with Crippen LogP contribution in [0.3, 0.4) is 0 Å². The molecule has 0 spiro atoms. The second-order valence-corrected chi connectivity index (χ2v) is 6.12. The van der Waals surface area contributed by atoms with E-state index in [2.05, 4.69) is 30.9 Å². The highest BCUT2D eigenvalue weighted by molar-refractivity contribution is 5.62. The molecule has 0 atom stereocenters. The maximum Gasteiger partial charge on any atom is 0.233 e. The first-order valence-corrected chi connectivity index (χ1v) is 8.89. The van der Waals surface area contributed by atoms with Gasteiger partial charge in [0.2, 0.25) is 17.8 Å².